The second-order valence-electron chi connectivity index (χ2n) is 8.08. The van der Waals surface area contributed by atoms with Crippen LogP contribution in [0.25, 0.3) is 0 Å². The van der Waals surface area contributed by atoms with Crippen LogP contribution in [0.4, 0.5) is 0 Å². The quantitative estimate of drug-likeness (QED) is 0.185. The van der Waals surface area contributed by atoms with Gasteiger partial charge in [-0.1, -0.05) is 60.5 Å². The molecule has 0 bridgehead atoms. The van der Waals surface area contributed by atoms with Crippen LogP contribution in [-0.2, 0) is 15.6 Å². The van der Waals surface area contributed by atoms with Crippen molar-refractivity contribution in [2.45, 2.75) is 46.5 Å². The standard InChI is InChI=1S/C29H27O2S/c1-3-29(2,24-15-7-4-8-16-24)31-28(30)23-14-13-21-27(22-23)32(25-17-9-5-10-18-25)26-19-11-6-12-20-26/h1,4-7,9-14,17-22,24H,8,15-16H2,2H3/q+1. The number of terminal acetylenes is 1. The second-order valence-corrected chi connectivity index (χ2v) is 10.1. The lowest BCUT2D eigenvalue weighted by Crippen LogP contribution is -2.39. The van der Waals surface area contributed by atoms with Gasteiger partial charge in [-0.05, 0) is 62.6 Å². The van der Waals surface area contributed by atoms with Crippen LogP contribution < -0.4 is 0 Å². The van der Waals surface area contributed by atoms with Crippen LogP contribution in [0.15, 0.2) is 112 Å². The summed E-state index contributed by atoms with van der Waals surface area (Å²) in [4.78, 5) is 16.6. The summed E-state index contributed by atoms with van der Waals surface area (Å²) in [5, 5.41) is 0. The molecule has 0 amide bonds. The monoisotopic (exact) mass is 439 g/mol. The molecule has 3 aromatic rings. The van der Waals surface area contributed by atoms with Gasteiger partial charge in [-0.3, -0.25) is 0 Å². The zero-order chi connectivity index (χ0) is 22.4. The number of allylic oxidation sites excluding steroid dienone is 2. The Morgan fingerprint density at radius 2 is 1.56 bits per heavy atom. The number of ether oxygens (including phenoxy) is 1. The Bertz CT molecular complexity index is 1090. The van der Waals surface area contributed by atoms with Gasteiger partial charge in [0.25, 0.3) is 0 Å². The van der Waals surface area contributed by atoms with E-state index in [9.17, 15) is 4.79 Å². The Morgan fingerprint density at radius 1 is 0.938 bits per heavy atom. The van der Waals surface area contributed by atoms with E-state index in [4.69, 9.17) is 11.2 Å². The minimum Gasteiger partial charge on any atom is -0.442 e. The summed E-state index contributed by atoms with van der Waals surface area (Å²) in [6.45, 7) is 1.86. The fourth-order valence-corrected chi connectivity index (χ4v) is 6.18. The SMILES string of the molecule is C#CC(C)(OC(=O)c1cccc([S+](c2ccccc2)c2ccccc2)c1)C1CC=CCC1. The van der Waals surface area contributed by atoms with E-state index >= 15 is 0 Å². The van der Waals surface area contributed by atoms with E-state index in [0.717, 1.165) is 24.2 Å². The lowest BCUT2D eigenvalue weighted by Gasteiger charge is -2.33. The predicted octanol–water partition coefficient (Wildman–Crippen LogP) is 6.69. The van der Waals surface area contributed by atoms with Crippen LogP contribution in [0.1, 0.15) is 36.5 Å². The molecule has 2 atom stereocenters. The van der Waals surface area contributed by atoms with E-state index in [-0.39, 0.29) is 22.8 Å². The van der Waals surface area contributed by atoms with Crippen molar-refractivity contribution in [2.24, 2.45) is 5.92 Å². The highest BCUT2D eigenvalue weighted by Gasteiger charge is 2.37. The molecule has 0 saturated heterocycles. The van der Waals surface area contributed by atoms with Crippen LogP contribution in [-0.4, -0.2) is 11.6 Å². The van der Waals surface area contributed by atoms with Crippen molar-refractivity contribution in [3.05, 3.63) is 103 Å². The number of carbonyl (C=O) groups excluding carboxylic acids is 1. The summed E-state index contributed by atoms with van der Waals surface area (Å²) in [5.74, 6) is 2.53. The van der Waals surface area contributed by atoms with E-state index < -0.39 is 5.60 Å². The summed E-state index contributed by atoms with van der Waals surface area (Å²) in [5.41, 5.74) is -0.391. The van der Waals surface area contributed by atoms with Gasteiger partial charge in [0.1, 0.15) is 0 Å². The molecule has 0 aliphatic heterocycles. The van der Waals surface area contributed by atoms with Gasteiger partial charge in [0.2, 0.25) is 0 Å². The van der Waals surface area contributed by atoms with Gasteiger partial charge < -0.3 is 4.74 Å². The van der Waals surface area contributed by atoms with E-state index in [1.807, 2.05) is 55.5 Å². The number of esters is 1. The lowest BCUT2D eigenvalue weighted by atomic mass is 9.81. The van der Waals surface area contributed by atoms with Crippen LogP contribution in [0.5, 0.6) is 0 Å². The molecule has 0 radical (unpaired) electrons. The van der Waals surface area contributed by atoms with Crippen LogP contribution >= 0.6 is 0 Å². The van der Waals surface area contributed by atoms with Crippen molar-refractivity contribution in [3.8, 4) is 12.3 Å². The maximum atomic E-state index is 13.2. The first-order valence-electron chi connectivity index (χ1n) is 10.9. The number of benzene rings is 3. The normalized spacial score (nSPS) is 17.3. The topological polar surface area (TPSA) is 26.3 Å². The molecule has 0 N–H and O–H groups in total. The molecule has 3 heteroatoms. The third-order valence-electron chi connectivity index (χ3n) is 5.90. The molecule has 2 unspecified atom stereocenters. The minimum atomic E-state index is -0.918. The molecule has 32 heavy (non-hydrogen) atoms. The first kappa shape index (κ1) is 22.0. The molecule has 0 heterocycles. The molecule has 0 saturated carbocycles. The average molecular weight is 440 g/mol. The Hall–Kier alpha value is -3.22. The fraction of sp³-hybridized carbons (Fsp3) is 0.207. The summed E-state index contributed by atoms with van der Waals surface area (Å²) in [6.07, 6.45) is 12.9. The van der Waals surface area contributed by atoms with E-state index in [0.29, 0.717) is 5.56 Å². The molecule has 4 rings (SSSR count). The third kappa shape index (κ3) is 4.82. The molecule has 0 aromatic heterocycles. The van der Waals surface area contributed by atoms with Crippen molar-refractivity contribution in [1.29, 1.82) is 0 Å². The van der Waals surface area contributed by atoms with Crippen LogP contribution in [0.2, 0.25) is 0 Å². The highest BCUT2D eigenvalue weighted by atomic mass is 32.2. The zero-order valence-corrected chi connectivity index (χ0v) is 19.1. The van der Waals surface area contributed by atoms with E-state index in [1.54, 1.807) is 6.07 Å². The predicted molar refractivity (Wildman–Crippen MR) is 131 cm³/mol. The van der Waals surface area contributed by atoms with Crippen molar-refractivity contribution < 1.29 is 9.53 Å². The maximum absolute atomic E-state index is 13.2. The number of carbonyl (C=O) groups is 1. The third-order valence-corrected chi connectivity index (χ3v) is 8.12. The summed E-state index contributed by atoms with van der Waals surface area (Å²) >= 11 is 0. The average Bonchev–Trinajstić information content (AvgIpc) is 2.86. The first-order valence-corrected chi connectivity index (χ1v) is 12.1. The molecular formula is C29H27O2S+. The van der Waals surface area contributed by atoms with Gasteiger partial charge in [-0.2, -0.15) is 0 Å². The van der Waals surface area contributed by atoms with Gasteiger partial charge in [0.05, 0.1) is 16.5 Å². The Kier molecular flexibility index (Phi) is 6.83. The molecule has 160 valence electrons. The second kappa shape index (κ2) is 9.94. The number of rotatable bonds is 6. The van der Waals surface area contributed by atoms with Gasteiger partial charge in [-0.25, -0.2) is 4.79 Å². The molecular weight excluding hydrogens is 412 g/mol. The van der Waals surface area contributed by atoms with Crippen LogP contribution in [0.3, 0.4) is 0 Å². The van der Waals surface area contributed by atoms with E-state index in [2.05, 4.69) is 48.4 Å². The molecule has 1 aliphatic rings. The molecule has 3 aromatic carbocycles. The number of hydrogen-bond acceptors (Lipinski definition) is 2. The maximum Gasteiger partial charge on any atom is 0.339 e. The Morgan fingerprint density at radius 3 is 2.12 bits per heavy atom. The minimum absolute atomic E-state index is 0.132. The fourth-order valence-electron chi connectivity index (χ4n) is 4.05. The summed E-state index contributed by atoms with van der Waals surface area (Å²) < 4.78 is 5.95. The summed E-state index contributed by atoms with van der Waals surface area (Å²) in [6, 6.07) is 28.5. The van der Waals surface area contributed by atoms with Gasteiger partial charge >= 0.3 is 5.97 Å². The molecule has 1 aliphatic carbocycles. The Balaban J connectivity index is 1.65. The van der Waals surface area contributed by atoms with Crippen molar-refractivity contribution in [1.82, 2.24) is 0 Å². The largest absolute Gasteiger partial charge is 0.442 e. The first-order chi connectivity index (χ1) is 15.6. The molecule has 0 fully saturated rings. The molecule has 0 spiro atoms. The van der Waals surface area contributed by atoms with Gasteiger partial charge in [0, 0.05) is 12.0 Å². The van der Waals surface area contributed by atoms with Crippen molar-refractivity contribution >= 4 is 16.9 Å². The van der Waals surface area contributed by atoms with E-state index in [1.165, 1.54) is 9.79 Å². The summed E-state index contributed by atoms with van der Waals surface area (Å²) in [7, 11) is -0.328. The smallest absolute Gasteiger partial charge is 0.339 e. The van der Waals surface area contributed by atoms with Gasteiger partial charge in [0.15, 0.2) is 20.3 Å². The highest BCUT2D eigenvalue weighted by Crippen LogP contribution is 2.34. The zero-order valence-electron chi connectivity index (χ0n) is 18.2. The highest BCUT2D eigenvalue weighted by molar-refractivity contribution is 7.97. The van der Waals surface area contributed by atoms with Gasteiger partial charge in [-0.15, -0.1) is 6.42 Å². The van der Waals surface area contributed by atoms with Crippen molar-refractivity contribution in [3.63, 3.8) is 0 Å². The number of hydrogen-bond donors (Lipinski definition) is 0. The molecule has 2 nitrogen and oxygen atoms in total. The Labute approximate surface area is 193 Å². The lowest BCUT2D eigenvalue weighted by molar-refractivity contribution is -0.0109. The van der Waals surface area contributed by atoms with Crippen LogP contribution in [0, 0.1) is 18.3 Å². The van der Waals surface area contributed by atoms with Crippen molar-refractivity contribution in [2.75, 3.05) is 0 Å².